The zero-order valence-corrected chi connectivity index (χ0v) is 15.8. The third-order valence-corrected chi connectivity index (χ3v) is 4.71. The Kier molecular flexibility index (Phi) is 5.53. The molecule has 0 saturated heterocycles. The lowest BCUT2D eigenvalue weighted by Gasteiger charge is -2.07. The van der Waals surface area contributed by atoms with Crippen LogP contribution >= 0.6 is 11.3 Å². The molecule has 6 heteroatoms. The molecule has 2 aromatic carbocycles. The van der Waals surface area contributed by atoms with Crippen LogP contribution in [-0.4, -0.2) is 17.6 Å². The number of urea groups is 1. The number of rotatable bonds is 5. The van der Waals surface area contributed by atoms with Crippen molar-refractivity contribution in [2.24, 2.45) is 0 Å². The molecule has 0 spiro atoms. The number of amides is 2. The number of hydrogen-bond acceptors (Lipinski definition) is 4. The SMILES string of the molecule is CCOc1ccc(-c2csc(NC(=O)Nc3ccc(C)c(C)c3)n2)cc1. The standard InChI is InChI=1S/C20H21N3O2S/c1-4-25-17-9-6-15(7-10-17)18-12-26-20(22-18)23-19(24)21-16-8-5-13(2)14(3)11-16/h5-12H,4H2,1-3H3,(H2,21,22,23,24). The van der Waals surface area contributed by atoms with E-state index in [4.69, 9.17) is 4.74 Å². The Labute approximate surface area is 157 Å². The Hall–Kier alpha value is -2.86. The third kappa shape index (κ3) is 4.40. The molecule has 3 rings (SSSR count). The largest absolute Gasteiger partial charge is 0.494 e. The van der Waals surface area contributed by atoms with Crippen molar-refractivity contribution in [3.63, 3.8) is 0 Å². The molecule has 3 aromatic rings. The number of carbonyl (C=O) groups excluding carboxylic acids is 1. The van der Waals surface area contributed by atoms with E-state index in [9.17, 15) is 4.79 Å². The molecular formula is C20H21N3O2S. The normalized spacial score (nSPS) is 10.4. The number of carbonyl (C=O) groups is 1. The molecular weight excluding hydrogens is 346 g/mol. The first-order chi connectivity index (χ1) is 12.5. The lowest BCUT2D eigenvalue weighted by molar-refractivity contribution is 0.262. The highest BCUT2D eigenvalue weighted by Gasteiger charge is 2.09. The Morgan fingerprint density at radius 3 is 2.54 bits per heavy atom. The van der Waals surface area contributed by atoms with E-state index in [0.717, 1.165) is 28.3 Å². The van der Waals surface area contributed by atoms with Crippen LogP contribution in [0.1, 0.15) is 18.1 Å². The topological polar surface area (TPSA) is 63.2 Å². The number of nitrogens with one attached hydrogen (secondary N) is 2. The minimum Gasteiger partial charge on any atom is -0.494 e. The highest BCUT2D eigenvalue weighted by atomic mass is 32.1. The Balaban J connectivity index is 1.64. The molecule has 0 radical (unpaired) electrons. The molecule has 5 nitrogen and oxygen atoms in total. The number of benzene rings is 2. The second kappa shape index (κ2) is 8.01. The van der Waals surface area contributed by atoms with Gasteiger partial charge in [-0.2, -0.15) is 0 Å². The molecule has 26 heavy (non-hydrogen) atoms. The van der Waals surface area contributed by atoms with Crippen molar-refractivity contribution in [1.82, 2.24) is 4.98 Å². The fourth-order valence-corrected chi connectivity index (χ4v) is 3.15. The summed E-state index contributed by atoms with van der Waals surface area (Å²) in [5.41, 5.74) is 4.88. The highest BCUT2D eigenvalue weighted by Crippen LogP contribution is 2.26. The maximum Gasteiger partial charge on any atom is 0.325 e. The van der Waals surface area contributed by atoms with Gasteiger partial charge in [0, 0.05) is 16.6 Å². The van der Waals surface area contributed by atoms with Gasteiger partial charge in [0.2, 0.25) is 0 Å². The lowest BCUT2D eigenvalue weighted by Crippen LogP contribution is -2.19. The van der Waals surface area contributed by atoms with Crippen LogP contribution in [0.25, 0.3) is 11.3 Å². The van der Waals surface area contributed by atoms with Gasteiger partial charge in [-0.15, -0.1) is 11.3 Å². The third-order valence-electron chi connectivity index (χ3n) is 3.95. The maximum absolute atomic E-state index is 12.2. The number of nitrogens with zero attached hydrogens (tertiary/aromatic N) is 1. The first-order valence-corrected chi connectivity index (χ1v) is 9.27. The van der Waals surface area contributed by atoms with E-state index < -0.39 is 0 Å². The predicted molar refractivity (Wildman–Crippen MR) is 107 cm³/mol. The lowest BCUT2D eigenvalue weighted by atomic mass is 10.1. The Morgan fingerprint density at radius 1 is 1.08 bits per heavy atom. The van der Waals surface area contributed by atoms with Crippen LogP contribution in [-0.2, 0) is 0 Å². The average Bonchev–Trinajstić information content (AvgIpc) is 3.07. The summed E-state index contributed by atoms with van der Waals surface area (Å²) < 4.78 is 5.44. The van der Waals surface area contributed by atoms with Crippen LogP contribution in [0.15, 0.2) is 47.8 Å². The zero-order chi connectivity index (χ0) is 18.5. The Bertz CT molecular complexity index is 904. The van der Waals surface area contributed by atoms with Crippen LogP contribution in [0, 0.1) is 13.8 Å². The van der Waals surface area contributed by atoms with Gasteiger partial charge in [0.25, 0.3) is 0 Å². The van der Waals surface area contributed by atoms with Crippen LogP contribution in [0.2, 0.25) is 0 Å². The number of anilines is 2. The van der Waals surface area contributed by atoms with Crippen molar-refractivity contribution in [2.75, 3.05) is 17.2 Å². The van der Waals surface area contributed by atoms with Gasteiger partial charge in [0.15, 0.2) is 5.13 Å². The summed E-state index contributed by atoms with van der Waals surface area (Å²) in [6.45, 7) is 6.65. The fraction of sp³-hybridized carbons (Fsp3) is 0.200. The molecule has 0 atom stereocenters. The first-order valence-electron chi connectivity index (χ1n) is 8.39. The second-order valence-electron chi connectivity index (χ2n) is 5.87. The fourth-order valence-electron chi connectivity index (χ4n) is 2.43. The van der Waals surface area contributed by atoms with Crippen molar-refractivity contribution in [3.8, 4) is 17.0 Å². The maximum atomic E-state index is 12.2. The summed E-state index contributed by atoms with van der Waals surface area (Å²) in [6.07, 6.45) is 0. The average molecular weight is 367 g/mol. The summed E-state index contributed by atoms with van der Waals surface area (Å²) in [4.78, 5) is 16.6. The summed E-state index contributed by atoms with van der Waals surface area (Å²) >= 11 is 1.39. The van der Waals surface area contributed by atoms with E-state index in [0.29, 0.717) is 11.7 Å². The molecule has 0 bridgehead atoms. The molecule has 0 fully saturated rings. The van der Waals surface area contributed by atoms with Crippen molar-refractivity contribution in [3.05, 3.63) is 59.0 Å². The van der Waals surface area contributed by atoms with Crippen molar-refractivity contribution in [1.29, 1.82) is 0 Å². The van der Waals surface area contributed by atoms with Gasteiger partial charge >= 0.3 is 6.03 Å². The number of thiazole rings is 1. The minimum atomic E-state index is -0.305. The van der Waals surface area contributed by atoms with Crippen molar-refractivity contribution >= 4 is 28.2 Å². The monoisotopic (exact) mass is 367 g/mol. The van der Waals surface area contributed by atoms with E-state index in [1.54, 1.807) is 0 Å². The van der Waals surface area contributed by atoms with Crippen LogP contribution < -0.4 is 15.4 Å². The summed E-state index contributed by atoms with van der Waals surface area (Å²) in [7, 11) is 0. The molecule has 2 amide bonds. The number of aromatic nitrogens is 1. The molecule has 0 aliphatic carbocycles. The van der Waals surface area contributed by atoms with Crippen LogP contribution in [0.5, 0.6) is 5.75 Å². The quantitative estimate of drug-likeness (QED) is 0.628. The Morgan fingerprint density at radius 2 is 1.85 bits per heavy atom. The minimum absolute atomic E-state index is 0.305. The molecule has 0 unspecified atom stereocenters. The van der Waals surface area contributed by atoms with E-state index >= 15 is 0 Å². The summed E-state index contributed by atoms with van der Waals surface area (Å²) in [5.74, 6) is 0.831. The molecule has 0 saturated carbocycles. The van der Waals surface area contributed by atoms with E-state index in [1.807, 2.05) is 68.6 Å². The molecule has 1 heterocycles. The summed E-state index contributed by atoms with van der Waals surface area (Å²) in [5, 5.41) is 8.08. The molecule has 0 aliphatic rings. The molecule has 2 N–H and O–H groups in total. The van der Waals surface area contributed by atoms with Gasteiger partial charge in [-0.3, -0.25) is 5.32 Å². The molecule has 0 aliphatic heterocycles. The summed E-state index contributed by atoms with van der Waals surface area (Å²) in [6, 6.07) is 13.3. The zero-order valence-electron chi connectivity index (χ0n) is 15.0. The van der Waals surface area contributed by atoms with Crippen LogP contribution in [0.4, 0.5) is 15.6 Å². The van der Waals surface area contributed by atoms with Crippen LogP contribution in [0.3, 0.4) is 0 Å². The molecule has 1 aromatic heterocycles. The smallest absolute Gasteiger partial charge is 0.325 e. The van der Waals surface area contributed by atoms with Gasteiger partial charge < -0.3 is 10.1 Å². The van der Waals surface area contributed by atoms with Crippen molar-refractivity contribution in [2.45, 2.75) is 20.8 Å². The van der Waals surface area contributed by atoms with Gasteiger partial charge in [-0.1, -0.05) is 6.07 Å². The number of hydrogen-bond donors (Lipinski definition) is 2. The van der Waals surface area contributed by atoms with Gasteiger partial charge in [-0.05, 0) is 68.3 Å². The second-order valence-corrected chi connectivity index (χ2v) is 6.73. The van der Waals surface area contributed by atoms with E-state index in [2.05, 4.69) is 15.6 Å². The van der Waals surface area contributed by atoms with E-state index in [-0.39, 0.29) is 6.03 Å². The van der Waals surface area contributed by atoms with Gasteiger partial charge in [0.1, 0.15) is 5.75 Å². The van der Waals surface area contributed by atoms with E-state index in [1.165, 1.54) is 16.9 Å². The van der Waals surface area contributed by atoms with Gasteiger partial charge in [0.05, 0.1) is 12.3 Å². The first kappa shape index (κ1) is 17.9. The predicted octanol–water partition coefficient (Wildman–Crippen LogP) is 5.47. The number of aryl methyl sites for hydroxylation is 2. The van der Waals surface area contributed by atoms with Gasteiger partial charge in [-0.25, -0.2) is 9.78 Å². The highest BCUT2D eigenvalue weighted by molar-refractivity contribution is 7.14. The number of ether oxygens (including phenoxy) is 1. The van der Waals surface area contributed by atoms with Crippen molar-refractivity contribution < 1.29 is 9.53 Å². The molecule has 134 valence electrons.